The quantitative estimate of drug-likeness (QED) is 0.569. The van der Waals surface area contributed by atoms with E-state index in [0.717, 1.165) is 5.56 Å². The number of phenols is 1. The molecule has 2 aromatic carbocycles. The van der Waals surface area contributed by atoms with Gasteiger partial charge in [-0.25, -0.2) is 0 Å². The lowest BCUT2D eigenvalue weighted by Crippen LogP contribution is -2.13. The Hall–Kier alpha value is -2.69. The fourth-order valence-electron chi connectivity index (χ4n) is 2.22. The van der Waals surface area contributed by atoms with Gasteiger partial charge in [0, 0.05) is 6.42 Å². The number of anilines is 1. The molecule has 0 aliphatic carbocycles. The van der Waals surface area contributed by atoms with Gasteiger partial charge in [0.1, 0.15) is 5.75 Å². The number of hydrogen-bond acceptors (Lipinski definition) is 4. The summed E-state index contributed by atoms with van der Waals surface area (Å²) in [6.45, 7) is 4.81. The van der Waals surface area contributed by atoms with Crippen molar-refractivity contribution >= 4 is 11.6 Å². The van der Waals surface area contributed by atoms with Crippen LogP contribution in [-0.4, -0.2) is 24.2 Å². The molecule has 0 atom stereocenters. The molecule has 0 unspecified atom stereocenters. The third-order valence-corrected chi connectivity index (χ3v) is 3.38. The van der Waals surface area contributed by atoms with Gasteiger partial charge in [-0.15, -0.1) is 0 Å². The maximum atomic E-state index is 12.0. The highest BCUT2D eigenvalue weighted by molar-refractivity contribution is 5.92. The second-order valence-electron chi connectivity index (χ2n) is 5.40. The molecule has 0 aliphatic rings. The van der Waals surface area contributed by atoms with Gasteiger partial charge in [0.2, 0.25) is 5.91 Å². The molecular formula is C19H23NO4. The van der Waals surface area contributed by atoms with Gasteiger partial charge >= 0.3 is 0 Å². The van der Waals surface area contributed by atoms with Crippen molar-refractivity contribution in [3.63, 3.8) is 0 Å². The number of ether oxygens (including phenoxy) is 2. The van der Waals surface area contributed by atoms with E-state index in [4.69, 9.17) is 9.47 Å². The van der Waals surface area contributed by atoms with Crippen molar-refractivity contribution in [2.24, 2.45) is 0 Å². The molecule has 0 saturated heterocycles. The third kappa shape index (κ3) is 5.19. The summed E-state index contributed by atoms with van der Waals surface area (Å²) in [5, 5.41) is 12.4. The van der Waals surface area contributed by atoms with Crippen LogP contribution in [0.3, 0.4) is 0 Å². The summed E-state index contributed by atoms with van der Waals surface area (Å²) in [7, 11) is 0. The third-order valence-electron chi connectivity index (χ3n) is 3.38. The highest BCUT2D eigenvalue weighted by Gasteiger charge is 2.08. The molecule has 128 valence electrons. The minimum atomic E-state index is -0.155. The van der Waals surface area contributed by atoms with Crippen molar-refractivity contribution in [1.29, 1.82) is 0 Å². The zero-order valence-electron chi connectivity index (χ0n) is 14.0. The number of para-hydroxylation sites is 2. The van der Waals surface area contributed by atoms with Gasteiger partial charge in [-0.2, -0.15) is 0 Å². The SMILES string of the molecule is CCOc1ccccc1OCCCC(=O)Nc1cc(C)ccc1O. The molecule has 0 aromatic heterocycles. The van der Waals surface area contributed by atoms with Crippen LogP contribution >= 0.6 is 0 Å². The minimum Gasteiger partial charge on any atom is -0.506 e. The molecule has 0 spiro atoms. The van der Waals surface area contributed by atoms with Crippen LogP contribution in [0.15, 0.2) is 42.5 Å². The van der Waals surface area contributed by atoms with Crippen molar-refractivity contribution < 1.29 is 19.4 Å². The Labute approximate surface area is 142 Å². The van der Waals surface area contributed by atoms with Gasteiger partial charge in [0.15, 0.2) is 11.5 Å². The number of phenolic OH excluding ortho intramolecular Hbond substituents is 1. The smallest absolute Gasteiger partial charge is 0.224 e. The van der Waals surface area contributed by atoms with E-state index in [-0.39, 0.29) is 11.7 Å². The Kier molecular flexibility index (Phi) is 6.49. The van der Waals surface area contributed by atoms with E-state index in [1.54, 1.807) is 18.2 Å². The van der Waals surface area contributed by atoms with Crippen molar-refractivity contribution in [2.75, 3.05) is 18.5 Å². The maximum absolute atomic E-state index is 12.0. The normalized spacial score (nSPS) is 10.2. The van der Waals surface area contributed by atoms with Gasteiger partial charge < -0.3 is 19.9 Å². The fraction of sp³-hybridized carbons (Fsp3) is 0.316. The van der Waals surface area contributed by atoms with E-state index in [2.05, 4.69) is 5.32 Å². The van der Waals surface area contributed by atoms with Gasteiger partial charge in [-0.05, 0) is 50.1 Å². The highest BCUT2D eigenvalue weighted by Crippen LogP contribution is 2.27. The summed E-state index contributed by atoms with van der Waals surface area (Å²) in [5.41, 5.74) is 1.40. The molecule has 1 amide bonds. The molecule has 2 N–H and O–H groups in total. The lowest BCUT2D eigenvalue weighted by atomic mass is 10.2. The van der Waals surface area contributed by atoms with E-state index < -0.39 is 0 Å². The molecule has 24 heavy (non-hydrogen) atoms. The molecule has 0 heterocycles. The van der Waals surface area contributed by atoms with E-state index >= 15 is 0 Å². The van der Waals surface area contributed by atoms with E-state index in [1.807, 2.05) is 38.1 Å². The van der Waals surface area contributed by atoms with Crippen molar-refractivity contribution in [1.82, 2.24) is 0 Å². The number of carbonyl (C=O) groups is 1. The average molecular weight is 329 g/mol. The molecule has 2 rings (SSSR count). The molecule has 5 nitrogen and oxygen atoms in total. The van der Waals surface area contributed by atoms with Crippen LogP contribution in [0.4, 0.5) is 5.69 Å². The highest BCUT2D eigenvalue weighted by atomic mass is 16.5. The van der Waals surface area contributed by atoms with Crippen molar-refractivity contribution in [3.8, 4) is 17.2 Å². The Morgan fingerprint density at radius 2 is 1.83 bits per heavy atom. The molecule has 0 aliphatic heterocycles. The zero-order chi connectivity index (χ0) is 17.4. The topological polar surface area (TPSA) is 67.8 Å². The number of amides is 1. The van der Waals surface area contributed by atoms with Crippen LogP contribution in [0.5, 0.6) is 17.2 Å². The first-order chi connectivity index (χ1) is 11.6. The first-order valence-electron chi connectivity index (χ1n) is 8.04. The standard InChI is InChI=1S/C19H23NO4/c1-3-23-17-7-4-5-8-18(17)24-12-6-9-19(22)20-15-13-14(2)10-11-16(15)21/h4-5,7-8,10-11,13,21H,3,6,9,12H2,1-2H3,(H,20,22). The molecule has 0 bridgehead atoms. The molecule has 5 heteroatoms. The van der Waals surface area contributed by atoms with Crippen LogP contribution in [0.1, 0.15) is 25.3 Å². The second kappa shape index (κ2) is 8.82. The maximum Gasteiger partial charge on any atom is 0.224 e. The molecule has 0 fully saturated rings. The Bertz CT molecular complexity index is 685. The van der Waals surface area contributed by atoms with E-state index in [9.17, 15) is 9.90 Å². The predicted molar refractivity (Wildman–Crippen MR) is 93.8 cm³/mol. The summed E-state index contributed by atoms with van der Waals surface area (Å²) in [5.74, 6) is 1.29. The largest absolute Gasteiger partial charge is 0.506 e. The minimum absolute atomic E-state index is 0.0656. The average Bonchev–Trinajstić information content (AvgIpc) is 2.56. The molecule has 2 aromatic rings. The van der Waals surface area contributed by atoms with E-state index in [1.165, 1.54) is 0 Å². The number of carbonyl (C=O) groups excluding carboxylic acids is 1. The molecule has 0 saturated carbocycles. The number of aromatic hydroxyl groups is 1. The Morgan fingerprint density at radius 3 is 2.54 bits per heavy atom. The van der Waals surface area contributed by atoms with Gasteiger partial charge in [-0.3, -0.25) is 4.79 Å². The van der Waals surface area contributed by atoms with Gasteiger partial charge in [-0.1, -0.05) is 18.2 Å². The molecular weight excluding hydrogens is 306 g/mol. The second-order valence-corrected chi connectivity index (χ2v) is 5.40. The number of nitrogens with one attached hydrogen (secondary N) is 1. The van der Waals surface area contributed by atoms with Crippen LogP contribution < -0.4 is 14.8 Å². The Morgan fingerprint density at radius 1 is 1.12 bits per heavy atom. The zero-order valence-corrected chi connectivity index (χ0v) is 14.0. The number of rotatable bonds is 8. The monoisotopic (exact) mass is 329 g/mol. The van der Waals surface area contributed by atoms with Crippen molar-refractivity contribution in [3.05, 3.63) is 48.0 Å². The first-order valence-corrected chi connectivity index (χ1v) is 8.04. The number of benzene rings is 2. The fourth-order valence-corrected chi connectivity index (χ4v) is 2.22. The van der Waals surface area contributed by atoms with Crippen LogP contribution in [0.2, 0.25) is 0 Å². The number of hydrogen-bond donors (Lipinski definition) is 2. The summed E-state index contributed by atoms with van der Waals surface area (Å²) in [6.07, 6.45) is 0.878. The lowest BCUT2D eigenvalue weighted by molar-refractivity contribution is -0.116. The van der Waals surface area contributed by atoms with E-state index in [0.29, 0.717) is 43.2 Å². The van der Waals surface area contributed by atoms with Gasteiger partial charge in [0.25, 0.3) is 0 Å². The van der Waals surface area contributed by atoms with Gasteiger partial charge in [0.05, 0.1) is 18.9 Å². The summed E-state index contributed by atoms with van der Waals surface area (Å²) >= 11 is 0. The number of aryl methyl sites for hydroxylation is 1. The Balaban J connectivity index is 1.78. The lowest BCUT2D eigenvalue weighted by Gasteiger charge is -2.11. The van der Waals surface area contributed by atoms with Crippen LogP contribution in [0, 0.1) is 6.92 Å². The summed E-state index contributed by atoms with van der Waals surface area (Å²) in [4.78, 5) is 12.0. The van der Waals surface area contributed by atoms with Crippen molar-refractivity contribution in [2.45, 2.75) is 26.7 Å². The summed E-state index contributed by atoms with van der Waals surface area (Å²) < 4.78 is 11.2. The summed E-state index contributed by atoms with van der Waals surface area (Å²) in [6, 6.07) is 12.6. The predicted octanol–water partition coefficient (Wildman–Crippen LogP) is 3.90. The molecule has 0 radical (unpaired) electrons. The van der Waals surface area contributed by atoms with Crippen LogP contribution in [0.25, 0.3) is 0 Å². The first kappa shape index (κ1) is 17.7. The van der Waals surface area contributed by atoms with Crippen LogP contribution in [-0.2, 0) is 4.79 Å².